The number of hydrogen-bond donors (Lipinski definition) is 1. The number of aliphatic hydroxyl groups excluding tert-OH is 1. The number of imidazole rings is 1. The molecule has 0 aliphatic carbocycles. The fourth-order valence-corrected chi connectivity index (χ4v) is 2.55. The van der Waals surface area contributed by atoms with Crippen LogP contribution < -0.4 is 0 Å². The van der Waals surface area contributed by atoms with Gasteiger partial charge >= 0.3 is 5.97 Å². The van der Waals surface area contributed by atoms with Crippen molar-refractivity contribution in [1.29, 1.82) is 0 Å². The van der Waals surface area contributed by atoms with E-state index in [4.69, 9.17) is 4.74 Å². The molecule has 122 valence electrons. The molecule has 24 heavy (non-hydrogen) atoms. The van der Waals surface area contributed by atoms with Crippen molar-refractivity contribution in [3.8, 4) is 11.3 Å². The van der Waals surface area contributed by atoms with Gasteiger partial charge in [-0.25, -0.2) is 9.78 Å². The first-order valence-corrected chi connectivity index (χ1v) is 7.75. The van der Waals surface area contributed by atoms with E-state index in [9.17, 15) is 9.90 Å². The molecule has 0 bridgehead atoms. The Balaban J connectivity index is 2.00. The first-order valence-electron chi connectivity index (χ1n) is 7.75. The lowest BCUT2D eigenvalue weighted by Crippen LogP contribution is -1.98. The van der Waals surface area contributed by atoms with Crippen LogP contribution in [-0.4, -0.2) is 27.1 Å². The van der Waals surface area contributed by atoms with Crippen LogP contribution in [0.1, 0.15) is 18.2 Å². The Morgan fingerprint density at radius 3 is 2.79 bits per heavy atom. The standard InChI is InChI=1S/C19H18N2O3/c1-2-24-18(23)9-8-14-10-11-21-16(13-22)19(20-17(21)12-14)15-6-4-3-5-7-15/h3-12,22H,2,13H2,1H3. The van der Waals surface area contributed by atoms with Crippen molar-refractivity contribution >= 4 is 17.7 Å². The van der Waals surface area contributed by atoms with Gasteiger partial charge in [0, 0.05) is 17.8 Å². The number of carbonyl (C=O) groups is 1. The van der Waals surface area contributed by atoms with E-state index < -0.39 is 0 Å². The summed E-state index contributed by atoms with van der Waals surface area (Å²) in [6, 6.07) is 13.5. The molecule has 0 aliphatic rings. The molecule has 0 spiro atoms. The van der Waals surface area contributed by atoms with Crippen LogP contribution >= 0.6 is 0 Å². The van der Waals surface area contributed by atoms with Gasteiger partial charge in [-0.15, -0.1) is 0 Å². The monoisotopic (exact) mass is 322 g/mol. The second-order valence-electron chi connectivity index (χ2n) is 5.20. The highest BCUT2D eigenvalue weighted by Crippen LogP contribution is 2.25. The largest absolute Gasteiger partial charge is 0.463 e. The number of esters is 1. The summed E-state index contributed by atoms with van der Waals surface area (Å²) in [7, 11) is 0. The summed E-state index contributed by atoms with van der Waals surface area (Å²) < 4.78 is 6.72. The van der Waals surface area contributed by atoms with Crippen LogP contribution in [0.4, 0.5) is 0 Å². The first-order chi connectivity index (χ1) is 11.7. The summed E-state index contributed by atoms with van der Waals surface area (Å²) in [5, 5.41) is 9.74. The molecule has 0 saturated heterocycles. The van der Waals surface area contributed by atoms with Gasteiger partial charge in [0.2, 0.25) is 0 Å². The Morgan fingerprint density at radius 1 is 1.29 bits per heavy atom. The van der Waals surface area contributed by atoms with Gasteiger partial charge < -0.3 is 14.2 Å². The predicted molar refractivity (Wildman–Crippen MR) is 92.2 cm³/mol. The van der Waals surface area contributed by atoms with Crippen LogP contribution in [0.5, 0.6) is 0 Å². The van der Waals surface area contributed by atoms with E-state index in [1.54, 1.807) is 13.0 Å². The number of aliphatic hydroxyl groups is 1. The number of hydrogen-bond acceptors (Lipinski definition) is 4. The molecule has 5 heteroatoms. The molecule has 1 N–H and O–H groups in total. The summed E-state index contributed by atoms with van der Waals surface area (Å²) >= 11 is 0. The zero-order valence-corrected chi connectivity index (χ0v) is 13.3. The molecule has 3 aromatic rings. The Hall–Kier alpha value is -2.92. The van der Waals surface area contributed by atoms with Gasteiger partial charge in [-0.1, -0.05) is 30.3 Å². The molecular weight excluding hydrogens is 304 g/mol. The van der Waals surface area contributed by atoms with E-state index in [0.717, 1.165) is 22.5 Å². The van der Waals surface area contributed by atoms with Crippen molar-refractivity contribution in [1.82, 2.24) is 9.38 Å². The smallest absolute Gasteiger partial charge is 0.330 e. The zero-order valence-electron chi connectivity index (χ0n) is 13.3. The van der Waals surface area contributed by atoms with Crippen molar-refractivity contribution in [2.45, 2.75) is 13.5 Å². The van der Waals surface area contributed by atoms with Crippen molar-refractivity contribution in [2.24, 2.45) is 0 Å². The molecule has 0 saturated carbocycles. The number of fused-ring (bicyclic) bond motifs is 1. The fraction of sp³-hybridized carbons (Fsp3) is 0.158. The number of nitrogens with zero attached hydrogens (tertiary/aromatic N) is 2. The molecular formula is C19H18N2O3. The normalized spacial score (nSPS) is 11.2. The number of aromatic nitrogens is 2. The van der Waals surface area contributed by atoms with Crippen molar-refractivity contribution in [3.05, 3.63) is 66.0 Å². The van der Waals surface area contributed by atoms with Gasteiger partial charge in [0.1, 0.15) is 5.65 Å². The molecule has 5 nitrogen and oxygen atoms in total. The highest BCUT2D eigenvalue weighted by Gasteiger charge is 2.13. The molecule has 2 aromatic heterocycles. The van der Waals surface area contributed by atoms with Gasteiger partial charge in [0.15, 0.2) is 0 Å². The Kier molecular flexibility index (Phi) is 4.72. The summed E-state index contributed by atoms with van der Waals surface area (Å²) in [6.45, 7) is 2.01. The molecule has 0 aliphatic heterocycles. The molecule has 2 heterocycles. The molecule has 0 fully saturated rings. The van der Waals surface area contributed by atoms with Crippen LogP contribution in [-0.2, 0) is 16.1 Å². The lowest BCUT2D eigenvalue weighted by molar-refractivity contribution is -0.137. The predicted octanol–water partition coefficient (Wildman–Crippen LogP) is 3.07. The molecule has 0 amide bonds. The van der Waals surface area contributed by atoms with Crippen molar-refractivity contribution in [2.75, 3.05) is 6.61 Å². The second-order valence-corrected chi connectivity index (χ2v) is 5.20. The van der Waals surface area contributed by atoms with Crippen LogP contribution in [0.3, 0.4) is 0 Å². The summed E-state index contributed by atoms with van der Waals surface area (Å²) in [5.74, 6) is -0.373. The van der Waals surface area contributed by atoms with Crippen LogP contribution in [0.2, 0.25) is 0 Å². The van der Waals surface area contributed by atoms with Gasteiger partial charge in [0.05, 0.1) is 24.6 Å². The Bertz CT molecular complexity index is 882. The molecule has 0 radical (unpaired) electrons. The lowest BCUT2D eigenvalue weighted by atomic mass is 10.1. The second kappa shape index (κ2) is 7.10. The topological polar surface area (TPSA) is 63.8 Å². The van der Waals surface area contributed by atoms with Crippen LogP contribution in [0.15, 0.2) is 54.7 Å². The maximum Gasteiger partial charge on any atom is 0.330 e. The van der Waals surface area contributed by atoms with Gasteiger partial charge in [-0.3, -0.25) is 0 Å². The molecule has 0 atom stereocenters. The maximum absolute atomic E-state index is 11.4. The number of ether oxygens (including phenoxy) is 1. The summed E-state index contributed by atoms with van der Waals surface area (Å²) in [4.78, 5) is 16.0. The third-order valence-corrected chi connectivity index (χ3v) is 3.64. The minimum absolute atomic E-state index is 0.108. The summed E-state index contributed by atoms with van der Waals surface area (Å²) in [5.41, 5.74) is 3.99. The fourth-order valence-electron chi connectivity index (χ4n) is 2.55. The van der Waals surface area contributed by atoms with E-state index in [2.05, 4.69) is 4.98 Å². The lowest BCUT2D eigenvalue weighted by Gasteiger charge is -2.02. The van der Waals surface area contributed by atoms with Crippen LogP contribution in [0.25, 0.3) is 23.0 Å². The third-order valence-electron chi connectivity index (χ3n) is 3.64. The third kappa shape index (κ3) is 3.21. The average Bonchev–Trinajstić information content (AvgIpc) is 2.98. The van der Waals surface area contributed by atoms with E-state index in [1.807, 2.05) is 53.1 Å². The number of pyridine rings is 1. The van der Waals surface area contributed by atoms with Gasteiger partial charge in [-0.2, -0.15) is 0 Å². The van der Waals surface area contributed by atoms with Crippen molar-refractivity contribution < 1.29 is 14.6 Å². The number of benzene rings is 1. The van der Waals surface area contributed by atoms with Gasteiger partial charge in [0.25, 0.3) is 0 Å². The van der Waals surface area contributed by atoms with E-state index in [1.165, 1.54) is 6.08 Å². The quantitative estimate of drug-likeness (QED) is 0.579. The van der Waals surface area contributed by atoms with E-state index in [-0.39, 0.29) is 12.6 Å². The van der Waals surface area contributed by atoms with Crippen molar-refractivity contribution in [3.63, 3.8) is 0 Å². The number of carbonyl (C=O) groups excluding carboxylic acids is 1. The van der Waals surface area contributed by atoms with E-state index in [0.29, 0.717) is 12.3 Å². The zero-order chi connectivity index (χ0) is 16.9. The van der Waals surface area contributed by atoms with Gasteiger partial charge in [-0.05, 0) is 30.7 Å². The average molecular weight is 322 g/mol. The SMILES string of the molecule is CCOC(=O)C=Cc1ccn2c(CO)c(-c3ccccc3)nc2c1. The highest BCUT2D eigenvalue weighted by atomic mass is 16.5. The first kappa shape index (κ1) is 16.0. The van der Waals surface area contributed by atoms with Crippen LogP contribution in [0, 0.1) is 0 Å². The molecule has 1 aromatic carbocycles. The summed E-state index contributed by atoms with van der Waals surface area (Å²) in [6.07, 6.45) is 4.92. The highest BCUT2D eigenvalue weighted by molar-refractivity contribution is 5.87. The maximum atomic E-state index is 11.4. The Labute approximate surface area is 139 Å². The molecule has 3 rings (SSSR count). The minimum atomic E-state index is -0.373. The minimum Gasteiger partial charge on any atom is -0.463 e. The van der Waals surface area contributed by atoms with E-state index >= 15 is 0 Å². The Morgan fingerprint density at radius 2 is 2.08 bits per heavy atom. The molecule has 0 unspecified atom stereocenters. The number of rotatable bonds is 5.